The summed E-state index contributed by atoms with van der Waals surface area (Å²) in [7, 11) is 0. The summed E-state index contributed by atoms with van der Waals surface area (Å²) in [5.74, 6) is -0.267. The second-order valence-corrected chi connectivity index (χ2v) is 11.4. The molecule has 0 saturated carbocycles. The number of carbonyl (C=O) groups is 2. The van der Waals surface area contributed by atoms with Crippen LogP contribution in [0, 0.1) is 5.92 Å². The maximum Gasteiger partial charge on any atom is 0.326 e. The molecule has 0 radical (unpaired) electrons. The zero-order valence-electron chi connectivity index (χ0n) is 21.5. The quantitative estimate of drug-likeness (QED) is 0.231. The number of aldehydes is 1. The molecular formula is C32H26Cl3N3O2. The molecule has 1 unspecified atom stereocenters. The highest BCUT2D eigenvalue weighted by molar-refractivity contribution is 6.40. The Balaban J connectivity index is 1.50. The Labute approximate surface area is 248 Å². The summed E-state index contributed by atoms with van der Waals surface area (Å²) in [5.41, 5.74) is 5.90. The molecule has 6 rings (SSSR count). The van der Waals surface area contributed by atoms with Gasteiger partial charge in [-0.1, -0.05) is 95.5 Å². The van der Waals surface area contributed by atoms with E-state index in [0.717, 1.165) is 35.1 Å². The molecule has 0 bridgehead atoms. The zero-order chi connectivity index (χ0) is 27.8. The number of nitrogens with one attached hydrogen (secondary N) is 1. The normalized spacial score (nSPS) is 18.9. The number of amides is 2. The Morgan fingerprint density at radius 1 is 0.825 bits per heavy atom. The van der Waals surface area contributed by atoms with Gasteiger partial charge in [-0.25, -0.2) is 4.79 Å². The molecule has 2 aliphatic heterocycles. The smallest absolute Gasteiger partial charge is 0.326 e. The Morgan fingerprint density at radius 3 is 2.25 bits per heavy atom. The van der Waals surface area contributed by atoms with Crippen LogP contribution in [0.3, 0.4) is 0 Å². The monoisotopic (exact) mass is 589 g/mol. The van der Waals surface area contributed by atoms with Crippen molar-refractivity contribution in [1.82, 2.24) is 10.2 Å². The van der Waals surface area contributed by atoms with Gasteiger partial charge in [-0.15, -0.1) is 0 Å². The summed E-state index contributed by atoms with van der Waals surface area (Å²) in [5, 5.41) is 4.30. The number of urea groups is 1. The van der Waals surface area contributed by atoms with Gasteiger partial charge in [0.1, 0.15) is 6.29 Å². The third-order valence-electron chi connectivity index (χ3n) is 7.73. The van der Waals surface area contributed by atoms with Gasteiger partial charge in [0.2, 0.25) is 0 Å². The summed E-state index contributed by atoms with van der Waals surface area (Å²) >= 11 is 19.9. The highest BCUT2D eigenvalue weighted by atomic mass is 35.5. The van der Waals surface area contributed by atoms with Crippen molar-refractivity contribution < 1.29 is 9.59 Å². The van der Waals surface area contributed by atoms with Crippen LogP contribution in [0.25, 0.3) is 11.1 Å². The average molecular weight is 591 g/mol. The van der Waals surface area contributed by atoms with Crippen LogP contribution >= 0.6 is 34.8 Å². The number of nitrogens with zero attached hydrogens (tertiary/aromatic N) is 2. The van der Waals surface area contributed by atoms with Crippen molar-refractivity contribution in [3.8, 4) is 11.1 Å². The first-order valence-corrected chi connectivity index (χ1v) is 14.2. The standard InChI is InChI=1S/C32H26Cl3N3O2/c33-27-10-5-4-9-23(27)24-13-21(26-18-37(17-22(26)19-39)16-20-7-2-1-3-8-20)14-30-25(24)15-36-32(40)38(30)31-28(34)11-6-12-29(31)35/h1-14,19,22,26H,15-18H2,(H,36,40)/t22-,26?/m1/s1. The lowest BCUT2D eigenvalue weighted by atomic mass is 9.85. The summed E-state index contributed by atoms with van der Waals surface area (Å²) in [4.78, 5) is 29.6. The van der Waals surface area contributed by atoms with Gasteiger partial charge >= 0.3 is 6.03 Å². The lowest BCUT2D eigenvalue weighted by molar-refractivity contribution is -0.111. The van der Waals surface area contributed by atoms with Gasteiger partial charge in [0.25, 0.3) is 0 Å². The number of rotatable bonds is 6. The summed E-state index contributed by atoms with van der Waals surface area (Å²) in [6.07, 6.45) is 1.06. The van der Waals surface area contributed by atoms with Crippen LogP contribution in [0.5, 0.6) is 0 Å². The van der Waals surface area contributed by atoms with Gasteiger partial charge in [0.15, 0.2) is 0 Å². The van der Waals surface area contributed by atoms with Gasteiger partial charge in [-0.3, -0.25) is 9.80 Å². The fourth-order valence-corrected chi connectivity index (χ4v) is 6.65. The molecule has 1 N–H and O–H groups in total. The van der Waals surface area contributed by atoms with E-state index in [1.54, 1.807) is 23.1 Å². The van der Waals surface area contributed by atoms with Crippen LogP contribution in [-0.2, 0) is 17.9 Å². The lowest BCUT2D eigenvalue weighted by Gasteiger charge is -2.34. The van der Waals surface area contributed by atoms with Crippen molar-refractivity contribution >= 4 is 58.5 Å². The largest absolute Gasteiger partial charge is 0.333 e. The molecular weight excluding hydrogens is 565 g/mol. The van der Waals surface area contributed by atoms with Crippen LogP contribution in [0.1, 0.15) is 22.6 Å². The number of carbonyl (C=O) groups excluding carboxylic acids is 2. The van der Waals surface area contributed by atoms with E-state index in [1.165, 1.54) is 5.56 Å². The molecule has 0 aliphatic carbocycles. The van der Waals surface area contributed by atoms with Gasteiger partial charge in [-0.05, 0) is 41.0 Å². The number of halogens is 3. The second-order valence-electron chi connectivity index (χ2n) is 10.2. The molecule has 8 heteroatoms. The van der Waals surface area contributed by atoms with E-state index in [4.69, 9.17) is 34.8 Å². The minimum Gasteiger partial charge on any atom is -0.333 e. The number of para-hydroxylation sites is 1. The van der Waals surface area contributed by atoms with Crippen molar-refractivity contribution in [3.05, 3.63) is 117 Å². The maximum atomic E-state index is 13.4. The molecule has 2 aliphatic rings. The molecule has 202 valence electrons. The third kappa shape index (κ3) is 4.99. The first kappa shape index (κ1) is 26.9. The Hall–Kier alpha value is -3.35. The van der Waals surface area contributed by atoms with E-state index in [-0.39, 0.29) is 17.9 Å². The minimum absolute atomic E-state index is 0.0682. The Bertz CT molecular complexity index is 1570. The van der Waals surface area contributed by atoms with E-state index in [1.807, 2.05) is 48.5 Å². The van der Waals surface area contributed by atoms with Crippen LogP contribution in [0.15, 0.2) is 84.9 Å². The zero-order valence-corrected chi connectivity index (χ0v) is 23.8. The first-order valence-electron chi connectivity index (χ1n) is 13.1. The van der Waals surface area contributed by atoms with Crippen LogP contribution in [0.2, 0.25) is 15.1 Å². The molecule has 1 saturated heterocycles. The Morgan fingerprint density at radius 2 is 1.52 bits per heavy atom. The fourth-order valence-electron chi connectivity index (χ4n) is 5.85. The molecule has 4 aromatic rings. The molecule has 2 atom stereocenters. The Kier molecular flexibility index (Phi) is 7.56. The number of fused-ring (bicyclic) bond motifs is 1. The van der Waals surface area contributed by atoms with E-state index >= 15 is 0 Å². The van der Waals surface area contributed by atoms with E-state index in [2.05, 4.69) is 28.4 Å². The predicted molar refractivity (Wildman–Crippen MR) is 162 cm³/mol. The maximum absolute atomic E-state index is 13.4. The molecule has 0 spiro atoms. The molecule has 2 amide bonds. The van der Waals surface area contributed by atoms with Crippen molar-refractivity contribution in [2.75, 3.05) is 18.0 Å². The number of hydrogen-bond donors (Lipinski definition) is 1. The van der Waals surface area contributed by atoms with Crippen LogP contribution in [-0.4, -0.2) is 30.3 Å². The van der Waals surface area contributed by atoms with Gasteiger partial charge in [0, 0.05) is 54.2 Å². The number of likely N-dealkylation sites (tertiary alicyclic amines) is 1. The topological polar surface area (TPSA) is 52.7 Å². The highest BCUT2D eigenvalue weighted by Crippen LogP contribution is 2.46. The lowest BCUT2D eigenvalue weighted by Crippen LogP contribution is -2.42. The van der Waals surface area contributed by atoms with E-state index < -0.39 is 0 Å². The summed E-state index contributed by atoms with van der Waals surface area (Å²) in [6.45, 7) is 2.43. The van der Waals surface area contributed by atoms with Gasteiger partial charge in [-0.2, -0.15) is 0 Å². The third-order valence-corrected chi connectivity index (χ3v) is 8.67. The second kappa shape index (κ2) is 11.3. The van der Waals surface area contributed by atoms with Crippen molar-refractivity contribution in [3.63, 3.8) is 0 Å². The number of anilines is 2. The van der Waals surface area contributed by atoms with Crippen LogP contribution in [0.4, 0.5) is 16.2 Å². The molecule has 5 nitrogen and oxygen atoms in total. The minimum atomic E-state index is -0.325. The summed E-state index contributed by atoms with van der Waals surface area (Å²) in [6, 6.07) is 26.9. The van der Waals surface area contributed by atoms with Gasteiger partial charge in [0.05, 0.1) is 21.4 Å². The highest BCUT2D eigenvalue weighted by Gasteiger charge is 2.37. The molecule has 40 heavy (non-hydrogen) atoms. The van der Waals surface area contributed by atoms with Gasteiger partial charge < -0.3 is 10.1 Å². The predicted octanol–water partition coefficient (Wildman–Crippen LogP) is 8.09. The summed E-state index contributed by atoms with van der Waals surface area (Å²) < 4.78 is 0. The number of benzene rings is 4. The molecule has 0 aromatic heterocycles. The first-order chi connectivity index (χ1) is 19.4. The SMILES string of the molecule is O=C[C@H]1CN(Cc2ccccc2)CC1c1cc(-c2ccccc2Cl)c2c(c1)N(c1c(Cl)cccc1Cl)C(=O)NC2. The van der Waals surface area contributed by atoms with Crippen LogP contribution < -0.4 is 10.2 Å². The van der Waals surface area contributed by atoms with Crippen molar-refractivity contribution in [1.29, 1.82) is 0 Å². The van der Waals surface area contributed by atoms with E-state index in [9.17, 15) is 9.59 Å². The van der Waals surface area contributed by atoms with Crippen molar-refractivity contribution in [2.24, 2.45) is 5.92 Å². The van der Waals surface area contributed by atoms with E-state index in [0.29, 0.717) is 46.1 Å². The molecule has 4 aromatic carbocycles. The molecule has 1 fully saturated rings. The average Bonchev–Trinajstić information content (AvgIpc) is 3.37. The fraction of sp³-hybridized carbons (Fsp3) is 0.188. The molecule has 2 heterocycles. The van der Waals surface area contributed by atoms with Crippen molar-refractivity contribution in [2.45, 2.75) is 19.0 Å². The number of hydrogen-bond acceptors (Lipinski definition) is 3.